The number of nitrogens with zero attached hydrogens (tertiary/aromatic N) is 1. The Morgan fingerprint density at radius 1 is 1.26 bits per heavy atom. The molecule has 5 heteroatoms. The highest BCUT2D eigenvalue weighted by Crippen LogP contribution is 2.19. The van der Waals surface area contributed by atoms with Crippen molar-refractivity contribution >= 4 is 17.3 Å². The minimum absolute atomic E-state index is 0.305. The summed E-state index contributed by atoms with van der Waals surface area (Å²) >= 11 is 1.55. The summed E-state index contributed by atoms with van der Waals surface area (Å²) in [6.45, 7) is 0.969. The van der Waals surface area contributed by atoms with Crippen LogP contribution < -0.4 is 0 Å². The number of ether oxygens (including phenoxy) is 2. The molecule has 19 heavy (non-hydrogen) atoms. The van der Waals surface area contributed by atoms with Crippen molar-refractivity contribution in [2.24, 2.45) is 0 Å². The first-order chi connectivity index (χ1) is 9.31. The molecule has 1 aromatic carbocycles. The van der Waals surface area contributed by atoms with Gasteiger partial charge in [-0.1, -0.05) is 12.1 Å². The van der Waals surface area contributed by atoms with Crippen LogP contribution in [0.25, 0.3) is 11.3 Å². The third kappa shape index (κ3) is 3.87. The van der Waals surface area contributed by atoms with E-state index in [4.69, 9.17) is 9.47 Å². The number of aromatic nitrogens is 1. The number of methoxy groups -OCH3 is 1. The first-order valence-corrected chi connectivity index (χ1v) is 6.90. The molecule has 0 bridgehead atoms. The second kappa shape index (κ2) is 7.01. The van der Waals surface area contributed by atoms with Crippen molar-refractivity contribution < 1.29 is 14.3 Å². The second-order valence-corrected chi connectivity index (χ2v) is 4.65. The number of rotatable bonds is 6. The zero-order chi connectivity index (χ0) is 13.5. The van der Waals surface area contributed by atoms with Gasteiger partial charge in [0, 0.05) is 31.1 Å². The van der Waals surface area contributed by atoms with Gasteiger partial charge in [-0.2, -0.15) is 0 Å². The SMILES string of the molecule is COCCCOC(=O)c1ccc(-c2cscn2)cc1. The molecular formula is C14H15NO3S. The molecule has 0 spiro atoms. The molecule has 0 unspecified atom stereocenters. The zero-order valence-electron chi connectivity index (χ0n) is 10.7. The predicted molar refractivity (Wildman–Crippen MR) is 74.3 cm³/mol. The van der Waals surface area contributed by atoms with Crippen molar-refractivity contribution in [1.82, 2.24) is 4.98 Å². The number of carbonyl (C=O) groups is 1. The maximum atomic E-state index is 11.7. The molecule has 0 amide bonds. The van der Waals surface area contributed by atoms with E-state index in [1.54, 1.807) is 36.1 Å². The Morgan fingerprint density at radius 3 is 2.68 bits per heavy atom. The minimum Gasteiger partial charge on any atom is -0.462 e. The lowest BCUT2D eigenvalue weighted by atomic mass is 10.1. The average Bonchev–Trinajstić information content (AvgIpc) is 2.98. The predicted octanol–water partition coefficient (Wildman–Crippen LogP) is 3.00. The van der Waals surface area contributed by atoms with E-state index in [9.17, 15) is 4.79 Å². The van der Waals surface area contributed by atoms with Crippen LogP contribution >= 0.6 is 11.3 Å². The van der Waals surface area contributed by atoms with Gasteiger partial charge >= 0.3 is 5.97 Å². The fraction of sp³-hybridized carbons (Fsp3) is 0.286. The first-order valence-electron chi connectivity index (χ1n) is 5.96. The van der Waals surface area contributed by atoms with Crippen LogP contribution in [-0.2, 0) is 9.47 Å². The Morgan fingerprint density at radius 2 is 2.05 bits per heavy atom. The lowest BCUT2D eigenvalue weighted by Crippen LogP contribution is -2.07. The number of benzene rings is 1. The van der Waals surface area contributed by atoms with Crippen LogP contribution in [0.15, 0.2) is 35.2 Å². The van der Waals surface area contributed by atoms with Crippen LogP contribution in [0.2, 0.25) is 0 Å². The fourth-order valence-electron chi connectivity index (χ4n) is 1.58. The number of hydrogen-bond donors (Lipinski definition) is 0. The van der Waals surface area contributed by atoms with Gasteiger partial charge < -0.3 is 9.47 Å². The van der Waals surface area contributed by atoms with E-state index in [2.05, 4.69) is 4.98 Å². The van der Waals surface area contributed by atoms with Gasteiger partial charge in [-0.15, -0.1) is 11.3 Å². The summed E-state index contributed by atoms with van der Waals surface area (Å²) in [5, 5.41) is 1.97. The molecule has 2 aromatic rings. The Balaban J connectivity index is 1.93. The molecule has 0 aliphatic rings. The molecule has 0 saturated carbocycles. The van der Waals surface area contributed by atoms with Crippen molar-refractivity contribution in [2.75, 3.05) is 20.3 Å². The molecular weight excluding hydrogens is 262 g/mol. The summed E-state index contributed by atoms with van der Waals surface area (Å²) < 4.78 is 10.0. The minimum atomic E-state index is -0.305. The summed E-state index contributed by atoms with van der Waals surface area (Å²) in [5.74, 6) is -0.305. The monoisotopic (exact) mass is 277 g/mol. The smallest absolute Gasteiger partial charge is 0.338 e. The summed E-state index contributed by atoms with van der Waals surface area (Å²) in [6, 6.07) is 7.27. The van der Waals surface area contributed by atoms with E-state index in [-0.39, 0.29) is 5.97 Å². The van der Waals surface area contributed by atoms with Crippen molar-refractivity contribution in [3.05, 3.63) is 40.7 Å². The van der Waals surface area contributed by atoms with E-state index < -0.39 is 0 Å². The first kappa shape index (κ1) is 13.7. The molecule has 0 aliphatic heterocycles. The van der Waals surface area contributed by atoms with Crippen molar-refractivity contribution in [2.45, 2.75) is 6.42 Å². The van der Waals surface area contributed by atoms with Gasteiger partial charge in [-0.3, -0.25) is 0 Å². The quantitative estimate of drug-likeness (QED) is 0.601. The highest BCUT2D eigenvalue weighted by molar-refractivity contribution is 7.07. The van der Waals surface area contributed by atoms with Gasteiger partial charge in [0.25, 0.3) is 0 Å². The van der Waals surface area contributed by atoms with Crippen LogP contribution in [0.4, 0.5) is 0 Å². The third-order valence-electron chi connectivity index (χ3n) is 2.57. The largest absolute Gasteiger partial charge is 0.462 e. The molecule has 0 N–H and O–H groups in total. The van der Waals surface area contributed by atoms with E-state index in [1.807, 2.05) is 17.5 Å². The lowest BCUT2D eigenvalue weighted by Gasteiger charge is -2.05. The van der Waals surface area contributed by atoms with Crippen molar-refractivity contribution in [3.63, 3.8) is 0 Å². The Labute approximate surface area is 116 Å². The Hall–Kier alpha value is -1.72. The van der Waals surface area contributed by atoms with Crippen LogP contribution in [0.3, 0.4) is 0 Å². The van der Waals surface area contributed by atoms with E-state index in [0.717, 1.165) is 11.3 Å². The fourth-order valence-corrected chi connectivity index (χ4v) is 2.14. The van der Waals surface area contributed by atoms with Gasteiger partial charge in [0.15, 0.2) is 0 Å². The van der Waals surface area contributed by atoms with Gasteiger partial charge in [0.2, 0.25) is 0 Å². The summed E-state index contributed by atoms with van der Waals surface area (Å²) in [4.78, 5) is 15.9. The Bertz CT molecular complexity index is 508. The van der Waals surface area contributed by atoms with Gasteiger partial charge in [0.05, 0.1) is 23.4 Å². The molecule has 1 aromatic heterocycles. The number of thiazole rings is 1. The normalized spacial score (nSPS) is 10.4. The molecule has 0 aliphatic carbocycles. The molecule has 0 saturated heterocycles. The molecule has 0 radical (unpaired) electrons. The van der Waals surface area contributed by atoms with Crippen molar-refractivity contribution in [1.29, 1.82) is 0 Å². The highest BCUT2D eigenvalue weighted by atomic mass is 32.1. The van der Waals surface area contributed by atoms with Crippen LogP contribution in [0.5, 0.6) is 0 Å². The third-order valence-corrected chi connectivity index (χ3v) is 3.16. The van der Waals surface area contributed by atoms with Gasteiger partial charge in [-0.25, -0.2) is 9.78 Å². The van der Waals surface area contributed by atoms with Crippen LogP contribution in [0.1, 0.15) is 16.8 Å². The van der Waals surface area contributed by atoms with Crippen molar-refractivity contribution in [3.8, 4) is 11.3 Å². The molecule has 0 atom stereocenters. The van der Waals surface area contributed by atoms with E-state index in [1.165, 1.54) is 0 Å². The average molecular weight is 277 g/mol. The van der Waals surface area contributed by atoms with E-state index >= 15 is 0 Å². The molecule has 100 valence electrons. The Kier molecular flexibility index (Phi) is 5.06. The highest BCUT2D eigenvalue weighted by Gasteiger charge is 2.07. The topological polar surface area (TPSA) is 48.4 Å². The van der Waals surface area contributed by atoms with E-state index in [0.29, 0.717) is 25.2 Å². The maximum absolute atomic E-state index is 11.7. The summed E-state index contributed by atoms with van der Waals surface area (Å²) in [5.41, 5.74) is 4.26. The standard InChI is InChI=1S/C14H15NO3S/c1-17-7-2-8-18-14(16)12-5-3-11(4-6-12)13-9-19-10-15-13/h3-6,9-10H,2,7-8H2,1H3. The molecule has 1 heterocycles. The molecule has 2 rings (SSSR count). The number of hydrogen-bond acceptors (Lipinski definition) is 5. The summed E-state index contributed by atoms with van der Waals surface area (Å²) in [7, 11) is 1.62. The maximum Gasteiger partial charge on any atom is 0.338 e. The zero-order valence-corrected chi connectivity index (χ0v) is 11.5. The molecule has 4 nitrogen and oxygen atoms in total. The second-order valence-electron chi connectivity index (χ2n) is 3.93. The van der Waals surface area contributed by atoms with Crippen LogP contribution in [0, 0.1) is 0 Å². The molecule has 0 fully saturated rings. The van der Waals surface area contributed by atoms with Crippen LogP contribution in [-0.4, -0.2) is 31.3 Å². The lowest BCUT2D eigenvalue weighted by molar-refractivity contribution is 0.0468. The van der Waals surface area contributed by atoms with Gasteiger partial charge in [-0.05, 0) is 12.1 Å². The summed E-state index contributed by atoms with van der Waals surface area (Å²) in [6.07, 6.45) is 0.707. The number of esters is 1. The van der Waals surface area contributed by atoms with Gasteiger partial charge in [0.1, 0.15) is 0 Å². The number of carbonyl (C=O) groups excluding carboxylic acids is 1.